The average molecular weight is 539 g/mol. The van der Waals surface area contributed by atoms with Gasteiger partial charge in [-0.1, -0.05) is 12.1 Å². The van der Waals surface area contributed by atoms with Crippen LogP contribution in [-0.4, -0.2) is 55.1 Å². The normalized spacial score (nSPS) is 18.8. The maximum absolute atomic E-state index is 14.1. The summed E-state index contributed by atoms with van der Waals surface area (Å²) >= 11 is 0. The summed E-state index contributed by atoms with van der Waals surface area (Å²) in [6.45, 7) is 0.0168. The molecule has 0 unspecified atom stereocenters. The van der Waals surface area contributed by atoms with Gasteiger partial charge in [-0.25, -0.2) is 12.8 Å². The molecule has 0 bridgehead atoms. The zero-order valence-electron chi connectivity index (χ0n) is 19.3. The first-order chi connectivity index (χ1) is 17.4. The zero-order chi connectivity index (χ0) is 27.0. The molecule has 13 heteroatoms. The number of nitriles is 1. The van der Waals surface area contributed by atoms with E-state index in [4.69, 9.17) is 5.26 Å². The summed E-state index contributed by atoms with van der Waals surface area (Å²) < 4.78 is 79.1. The maximum Gasteiger partial charge on any atom is 0.416 e. The van der Waals surface area contributed by atoms with Crippen LogP contribution >= 0.6 is 0 Å². The van der Waals surface area contributed by atoms with Gasteiger partial charge in [0.2, 0.25) is 15.9 Å². The molecule has 0 aromatic heterocycles. The molecule has 196 valence electrons. The first-order valence-electron chi connectivity index (χ1n) is 11.4. The molecule has 0 saturated carbocycles. The highest BCUT2D eigenvalue weighted by Gasteiger charge is 2.38. The number of likely N-dealkylation sites (tertiary alicyclic amines) is 1. The summed E-state index contributed by atoms with van der Waals surface area (Å²) in [5.41, 5.74) is -1.22. The zero-order valence-corrected chi connectivity index (χ0v) is 20.2. The number of alkyl halides is 3. The van der Waals surface area contributed by atoms with Crippen LogP contribution in [0.15, 0.2) is 47.4 Å². The molecule has 2 fully saturated rings. The highest BCUT2D eigenvalue weighted by atomic mass is 32.2. The number of amides is 2. The minimum atomic E-state index is -4.70. The number of rotatable bonds is 6. The Morgan fingerprint density at radius 3 is 2.51 bits per heavy atom. The van der Waals surface area contributed by atoms with Crippen molar-refractivity contribution in [3.63, 3.8) is 0 Å². The number of halogens is 4. The van der Waals surface area contributed by atoms with Crippen molar-refractivity contribution in [3.8, 4) is 6.07 Å². The average Bonchev–Trinajstić information content (AvgIpc) is 3.31. The third-order valence-corrected chi connectivity index (χ3v) is 8.23. The Balaban J connectivity index is 1.44. The lowest BCUT2D eigenvalue weighted by Crippen LogP contribution is -2.49. The minimum Gasteiger partial charge on any atom is -0.350 e. The van der Waals surface area contributed by atoms with Gasteiger partial charge in [0.15, 0.2) is 0 Å². The van der Waals surface area contributed by atoms with Crippen molar-refractivity contribution in [2.24, 2.45) is 5.92 Å². The molecule has 2 saturated heterocycles. The fourth-order valence-electron chi connectivity index (χ4n) is 4.27. The van der Waals surface area contributed by atoms with E-state index in [9.17, 15) is 35.6 Å². The molecule has 2 aromatic carbocycles. The lowest BCUT2D eigenvalue weighted by molar-refractivity contribution is -0.137. The summed E-state index contributed by atoms with van der Waals surface area (Å²) in [4.78, 5) is 27.2. The fourth-order valence-corrected chi connectivity index (χ4v) is 5.85. The Morgan fingerprint density at radius 2 is 1.86 bits per heavy atom. The molecule has 0 radical (unpaired) electrons. The molecule has 2 aromatic rings. The first-order valence-corrected chi connectivity index (χ1v) is 12.8. The number of carbonyl (C=O) groups is 2. The SMILES string of the molecule is N#CC1CN(S(=O)(=O)c2cccc(C(=O)N3CCC[C@@H]3C(=O)NCc3ccc(C(F)(F)F)cc3F)c2)C1. The van der Waals surface area contributed by atoms with E-state index in [1.807, 2.05) is 6.07 Å². The lowest BCUT2D eigenvalue weighted by atomic mass is 10.1. The number of sulfonamides is 1. The van der Waals surface area contributed by atoms with Gasteiger partial charge < -0.3 is 10.2 Å². The second-order valence-electron chi connectivity index (χ2n) is 8.85. The van der Waals surface area contributed by atoms with Crippen LogP contribution in [0.2, 0.25) is 0 Å². The highest BCUT2D eigenvalue weighted by Crippen LogP contribution is 2.30. The van der Waals surface area contributed by atoms with E-state index in [1.54, 1.807) is 0 Å². The molecule has 1 N–H and O–H groups in total. The number of nitrogens with zero attached hydrogens (tertiary/aromatic N) is 3. The van der Waals surface area contributed by atoms with Gasteiger partial charge in [0.05, 0.1) is 22.4 Å². The fraction of sp³-hybridized carbons (Fsp3) is 0.375. The third kappa shape index (κ3) is 5.45. The van der Waals surface area contributed by atoms with E-state index in [0.29, 0.717) is 18.9 Å². The Hall–Kier alpha value is -3.50. The van der Waals surface area contributed by atoms with Gasteiger partial charge in [0, 0.05) is 37.3 Å². The molecule has 0 aliphatic carbocycles. The van der Waals surface area contributed by atoms with Crippen LogP contribution in [0.25, 0.3) is 0 Å². The molecule has 8 nitrogen and oxygen atoms in total. The predicted molar refractivity (Wildman–Crippen MR) is 122 cm³/mol. The van der Waals surface area contributed by atoms with Gasteiger partial charge in [-0.05, 0) is 43.2 Å². The quantitative estimate of drug-likeness (QED) is 0.569. The van der Waals surface area contributed by atoms with Crippen molar-refractivity contribution in [1.29, 1.82) is 5.26 Å². The predicted octanol–water partition coefficient (Wildman–Crippen LogP) is 2.91. The van der Waals surface area contributed by atoms with E-state index in [-0.39, 0.29) is 48.1 Å². The molecule has 1 atom stereocenters. The molecule has 37 heavy (non-hydrogen) atoms. The van der Waals surface area contributed by atoms with Crippen molar-refractivity contribution >= 4 is 21.8 Å². The van der Waals surface area contributed by atoms with Crippen molar-refractivity contribution in [2.75, 3.05) is 19.6 Å². The Kier molecular flexibility index (Phi) is 7.25. The van der Waals surface area contributed by atoms with Crippen LogP contribution < -0.4 is 5.32 Å². The minimum absolute atomic E-state index is 0.0620. The number of hydrogen-bond donors (Lipinski definition) is 1. The Morgan fingerprint density at radius 1 is 1.14 bits per heavy atom. The summed E-state index contributed by atoms with van der Waals surface area (Å²) in [5, 5.41) is 11.4. The van der Waals surface area contributed by atoms with Crippen LogP contribution in [0.4, 0.5) is 17.6 Å². The smallest absolute Gasteiger partial charge is 0.350 e. The highest BCUT2D eigenvalue weighted by molar-refractivity contribution is 7.89. The third-order valence-electron chi connectivity index (χ3n) is 6.40. The number of carbonyl (C=O) groups excluding carboxylic acids is 2. The number of benzene rings is 2. The van der Waals surface area contributed by atoms with E-state index < -0.39 is 45.4 Å². The summed E-state index contributed by atoms with van der Waals surface area (Å²) in [5.74, 6) is -2.65. The van der Waals surface area contributed by atoms with Gasteiger partial charge in [-0.2, -0.15) is 22.7 Å². The maximum atomic E-state index is 14.1. The van der Waals surface area contributed by atoms with Crippen LogP contribution in [0.1, 0.15) is 34.3 Å². The lowest BCUT2D eigenvalue weighted by Gasteiger charge is -2.34. The monoisotopic (exact) mass is 538 g/mol. The topological polar surface area (TPSA) is 111 Å². The van der Waals surface area contributed by atoms with E-state index in [0.717, 1.165) is 16.4 Å². The van der Waals surface area contributed by atoms with Gasteiger partial charge >= 0.3 is 6.18 Å². The van der Waals surface area contributed by atoms with Crippen molar-refractivity contribution in [2.45, 2.75) is 36.5 Å². The van der Waals surface area contributed by atoms with E-state index in [1.165, 1.54) is 29.2 Å². The summed E-state index contributed by atoms with van der Waals surface area (Å²) in [7, 11) is -3.88. The summed E-state index contributed by atoms with van der Waals surface area (Å²) in [6.07, 6.45) is -3.88. The van der Waals surface area contributed by atoms with Crippen LogP contribution in [0, 0.1) is 23.1 Å². The number of nitrogens with one attached hydrogen (secondary N) is 1. The molecule has 2 heterocycles. The van der Waals surface area contributed by atoms with Gasteiger partial charge in [0.25, 0.3) is 5.91 Å². The van der Waals surface area contributed by atoms with E-state index in [2.05, 4.69) is 5.32 Å². The van der Waals surface area contributed by atoms with Gasteiger partial charge in [-0.15, -0.1) is 0 Å². The standard InChI is InChI=1S/C24H22F4N4O4S/c25-20-10-18(24(26,27)28)7-6-17(20)12-30-22(33)21-5-2-8-32(21)23(34)16-3-1-4-19(9-16)37(35,36)31-13-15(11-29)14-31/h1,3-4,6-7,9-10,15,21H,2,5,8,12-14H2,(H,30,33)/t21-/m1/s1. The molecule has 4 rings (SSSR count). The Labute approximate surface area is 210 Å². The number of hydrogen-bond acceptors (Lipinski definition) is 5. The van der Waals surface area contributed by atoms with Crippen molar-refractivity contribution < 1.29 is 35.6 Å². The molecule has 0 spiro atoms. The second-order valence-corrected chi connectivity index (χ2v) is 10.8. The van der Waals surface area contributed by atoms with Gasteiger partial charge in [0.1, 0.15) is 11.9 Å². The van der Waals surface area contributed by atoms with Crippen molar-refractivity contribution in [3.05, 3.63) is 65.0 Å². The molecular weight excluding hydrogens is 516 g/mol. The van der Waals surface area contributed by atoms with Crippen molar-refractivity contribution in [1.82, 2.24) is 14.5 Å². The molecule has 2 amide bonds. The van der Waals surface area contributed by atoms with Crippen LogP contribution in [0.5, 0.6) is 0 Å². The van der Waals surface area contributed by atoms with Crippen LogP contribution in [-0.2, 0) is 27.5 Å². The van der Waals surface area contributed by atoms with E-state index >= 15 is 0 Å². The Bertz CT molecular complexity index is 1370. The molecule has 2 aliphatic heterocycles. The molecule has 2 aliphatic rings. The van der Waals surface area contributed by atoms with Gasteiger partial charge in [-0.3, -0.25) is 9.59 Å². The first kappa shape index (κ1) is 26.6. The largest absolute Gasteiger partial charge is 0.416 e. The van der Waals surface area contributed by atoms with Crippen LogP contribution in [0.3, 0.4) is 0 Å². The summed E-state index contributed by atoms with van der Waals surface area (Å²) in [6, 6.07) is 8.53. The second kappa shape index (κ2) is 10.1. The molecular formula is C24H22F4N4O4S.